The number of rotatable bonds is 1. The molecule has 126 valence electrons. The van der Waals surface area contributed by atoms with Gasteiger partial charge in [0, 0.05) is 5.75 Å². The van der Waals surface area contributed by atoms with Gasteiger partial charge in [-0.05, 0) is 6.92 Å². The van der Waals surface area contributed by atoms with Gasteiger partial charge in [-0.1, -0.05) is 0 Å². The number of ether oxygens (including phenoxy) is 6. The molecule has 2 atom stereocenters. The summed E-state index contributed by atoms with van der Waals surface area (Å²) in [7, 11) is 0. The molecule has 0 aliphatic carbocycles. The molecule has 0 amide bonds. The van der Waals surface area contributed by atoms with Gasteiger partial charge in [-0.3, -0.25) is 0 Å². The minimum Gasteiger partial charge on any atom is -0.377 e. The lowest BCUT2D eigenvalue weighted by atomic mass is 10.2. The summed E-state index contributed by atoms with van der Waals surface area (Å²) >= 11 is 4.30. The molecular formula is C14H28O6S. The van der Waals surface area contributed by atoms with Crippen molar-refractivity contribution in [3.05, 3.63) is 0 Å². The zero-order valence-electron chi connectivity index (χ0n) is 12.8. The highest BCUT2D eigenvalue weighted by Gasteiger charge is 2.16. The Labute approximate surface area is 132 Å². The van der Waals surface area contributed by atoms with Crippen LogP contribution in [0.3, 0.4) is 0 Å². The smallest absolute Gasteiger partial charge is 0.0922 e. The molecule has 1 aliphatic heterocycles. The Kier molecular flexibility index (Phi) is 12.5. The number of hydrogen-bond acceptors (Lipinski definition) is 7. The van der Waals surface area contributed by atoms with Crippen LogP contribution in [0.1, 0.15) is 6.92 Å². The highest BCUT2D eigenvalue weighted by molar-refractivity contribution is 7.80. The van der Waals surface area contributed by atoms with E-state index >= 15 is 0 Å². The number of hydrogen-bond donors (Lipinski definition) is 1. The quantitative estimate of drug-likeness (QED) is 0.720. The topological polar surface area (TPSA) is 55.4 Å². The van der Waals surface area contributed by atoms with Crippen molar-refractivity contribution in [1.82, 2.24) is 0 Å². The van der Waals surface area contributed by atoms with Crippen LogP contribution in [-0.4, -0.2) is 84.0 Å². The third-order valence-electron chi connectivity index (χ3n) is 2.99. The lowest BCUT2D eigenvalue weighted by molar-refractivity contribution is -0.0844. The van der Waals surface area contributed by atoms with E-state index in [9.17, 15) is 0 Å². The van der Waals surface area contributed by atoms with Crippen molar-refractivity contribution >= 4 is 12.6 Å². The van der Waals surface area contributed by atoms with Crippen LogP contribution >= 0.6 is 12.6 Å². The van der Waals surface area contributed by atoms with E-state index in [1.165, 1.54) is 0 Å². The largest absolute Gasteiger partial charge is 0.377 e. The van der Waals surface area contributed by atoms with Gasteiger partial charge in [-0.15, -0.1) is 0 Å². The highest BCUT2D eigenvalue weighted by Crippen LogP contribution is 2.06. The van der Waals surface area contributed by atoms with Crippen LogP contribution in [0, 0.1) is 0 Å². The Bertz CT molecular complexity index is 232. The van der Waals surface area contributed by atoms with E-state index in [1.54, 1.807) is 0 Å². The first kappa shape index (κ1) is 19.2. The monoisotopic (exact) mass is 324 g/mol. The molecular weight excluding hydrogens is 296 g/mol. The van der Waals surface area contributed by atoms with E-state index in [0.717, 1.165) is 0 Å². The maximum atomic E-state index is 5.72. The molecule has 0 saturated carbocycles. The van der Waals surface area contributed by atoms with Gasteiger partial charge >= 0.3 is 0 Å². The van der Waals surface area contributed by atoms with Crippen LogP contribution in [0.15, 0.2) is 0 Å². The normalized spacial score (nSPS) is 29.4. The first-order chi connectivity index (χ1) is 10.3. The second-order valence-electron chi connectivity index (χ2n) is 4.62. The van der Waals surface area contributed by atoms with Gasteiger partial charge in [0.15, 0.2) is 0 Å². The standard InChI is InChI=1S/C14H28O6S/c1-13-14(12-21)20-11-9-18-7-5-16-3-2-15-4-6-17-8-10-19-13/h13-14,21H,2-12H2,1H3. The minimum absolute atomic E-state index is 0.0235. The van der Waals surface area contributed by atoms with Crippen LogP contribution in [0.2, 0.25) is 0 Å². The van der Waals surface area contributed by atoms with Crippen molar-refractivity contribution in [1.29, 1.82) is 0 Å². The molecule has 1 fully saturated rings. The molecule has 1 aliphatic rings. The molecule has 0 N–H and O–H groups in total. The summed E-state index contributed by atoms with van der Waals surface area (Å²) in [4.78, 5) is 0. The lowest BCUT2D eigenvalue weighted by Crippen LogP contribution is -2.33. The average molecular weight is 324 g/mol. The van der Waals surface area contributed by atoms with E-state index in [2.05, 4.69) is 12.6 Å². The summed E-state index contributed by atoms with van der Waals surface area (Å²) in [6, 6.07) is 0. The summed E-state index contributed by atoms with van der Waals surface area (Å²) in [5, 5.41) is 0. The molecule has 0 bridgehead atoms. The third-order valence-corrected chi connectivity index (χ3v) is 3.35. The van der Waals surface area contributed by atoms with Gasteiger partial charge in [0.1, 0.15) is 0 Å². The average Bonchev–Trinajstić information content (AvgIpc) is 2.49. The van der Waals surface area contributed by atoms with Gasteiger partial charge in [0.25, 0.3) is 0 Å². The lowest BCUT2D eigenvalue weighted by Gasteiger charge is -2.23. The Hall–Kier alpha value is 0.110. The van der Waals surface area contributed by atoms with Crippen LogP contribution < -0.4 is 0 Å². The maximum Gasteiger partial charge on any atom is 0.0922 e. The highest BCUT2D eigenvalue weighted by atomic mass is 32.1. The Morgan fingerprint density at radius 1 is 0.667 bits per heavy atom. The van der Waals surface area contributed by atoms with Crippen LogP contribution in [0.4, 0.5) is 0 Å². The van der Waals surface area contributed by atoms with Gasteiger partial charge in [0.2, 0.25) is 0 Å². The van der Waals surface area contributed by atoms with Crippen molar-refractivity contribution in [3.63, 3.8) is 0 Å². The molecule has 0 aromatic carbocycles. The zero-order chi connectivity index (χ0) is 15.2. The number of thiol groups is 1. The van der Waals surface area contributed by atoms with E-state index in [-0.39, 0.29) is 12.2 Å². The molecule has 0 aromatic rings. The molecule has 1 saturated heterocycles. The van der Waals surface area contributed by atoms with Gasteiger partial charge in [0.05, 0.1) is 78.3 Å². The van der Waals surface area contributed by atoms with Gasteiger partial charge < -0.3 is 28.4 Å². The summed E-state index contributed by atoms with van der Waals surface area (Å²) in [5.41, 5.74) is 0. The second kappa shape index (κ2) is 13.8. The van der Waals surface area contributed by atoms with Crippen molar-refractivity contribution in [2.24, 2.45) is 0 Å². The summed E-state index contributed by atoms with van der Waals surface area (Å²) in [6.45, 7) is 7.53. The molecule has 0 spiro atoms. The predicted molar refractivity (Wildman–Crippen MR) is 82.3 cm³/mol. The molecule has 2 unspecified atom stereocenters. The molecule has 0 radical (unpaired) electrons. The van der Waals surface area contributed by atoms with Crippen LogP contribution in [0.5, 0.6) is 0 Å². The van der Waals surface area contributed by atoms with Crippen molar-refractivity contribution in [2.45, 2.75) is 19.1 Å². The van der Waals surface area contributed by atoms with Crippen molar-refractivity contribution in [2.75, 3.05) is 71.8 Å². The summed E-state index contributed by atoms with van der Waals surface area (Å²) in [5.74, 6) is 0.610. The molecule has 21 heavy (non-hydrogen) atoms. The second-order valence-corrected chi connectivity index (χ2v) is 4.98. The molecule has 7 heteroatoms. The SMILES string of the molecule is CC1OCCOCCOCCOCCOCCOC1CS. The van der Waals surface area contributed by atoms with E-state index < -0.39 is 0 Å². The van der Waals surface area contributed by atoms with E-state index in [4.69, 9.17) is 28.4 Å². The maximum absolute atomic E-state index is 5.72. The fourth-order valence-electron chi connectivity index (χ4n) is 1.76. The van der Waals surface area contributed by atoms with Crippen LogP contribution in [-0.2, 0) is 28.4 Å². The van der Waals surface area contributed by atoms with Crippen molar-refractivity contribution < 1.29 is 28.4 Å². The molecule has 1 heterocycles. The molecule has 0 aromatic heterocycles. The Morgan fingerprint density at radius 3 is 1.48 bits per heavy atom. The van der Waals surface area contributed by atoms with Gasteiger partial charge in [-0.2, -0.15) is 12.6 Å². The summed E-state index contributed by atoms with van der Waals surface area (Å²) in [6.07, 6.45) is -0.0695. The first-order valence-corrected chi connectivity index (χ1v) is 8.13. The predicted octanol–water partition coefficient (Wildman–Crippen LogP) is 0.787. The molecule has 1 rings (SSSR count). The Morgan fingerprint density at radius 2 is 1.05 bits per heavy atom. The van der Waals surface area contributed by atoms with Crippen molar-refractivity contribution in [3.8, 4) is 0 Å². The van der Waals surface area contributed by atoms with Crippen LogP contribution in [0.25, 0.3) is 0 Å². The fraction of sp³-hybridized carbons (Fsp3) is 1.00. The van der Waals surface area contributed by atoms with Gasteiger partial charge in [-0.25, -0.2) is 0 Å². The third kappa shape index (κ3) is 10.5. The first-order valence-electron chi connectivity index (χ1n) is 7.49. The van der Waals surface area contributed by atoms with E-state index in [0.29, 0.717) is 71.8 Å². The molecule has 6 nitrogen and oxygen atoms in total. The Balaban J connectivity index is 2.25. The zero-order valence-corrected chi connectivity index (χ0v) is 13.7. The minimum atomic E-state index is -0.0459. The summed E-state index contributed by atoms with van der Waals surface area (Å²) < 4.78 is 33.0. The van der Waals surface area contributed by atoms with E-state index in [1.807, 2.05) is 6.92 Å². The fourth-order valence-corrected chi connectivity index (χ4v) is 2.16.